The molecule has 124 valence electrons. The van der Waals surface area contributed by atoms with Gasteiger partial charge in [0, 0.05) is 12.1 Å². The van der Waals surface area contributed by atoms with Crippen LogP contribution in [-0.2, 0) is 22.6 Å². The van der Waals surface area contributed by atoms with E-state index in [9.17, 15) is 9.59 Å². The second kappa shape index (κ2) is 7.41. The summed E-state index contributed by atoms with van der Waals surface area (Å²) >= 11 is 0. The van der Waals surface area contributed by atoms with E-state index in [1.54, 1.807) is 0 Å². The summed E-state index contributed by atoms with van der Waals surface area (Å²) in [5.74, 6) is -0.0855. The number of likely N-dealkylation sites (tertiary alicyclic amines) is 1. The van der Waals surface area contributed by atoms with E-state index < -0.39 is 0 Å². The fraction of sp³-hybridized carbons (Fsp3) is 0.300. The number of imide groups is 1. The van der Waals surface area contributed by atoms with Gasteiger partial charge in [0.2, 0.25) is 5.91 Å². The van der Waals surface area contributed by atoms with Crippen LogP contribution in [0.2, 0.25) is 0 Å². The Hall–Kier alpha value is -2.46. The number of carbonyl (C=O) groups excluding carboxylic acids is 2. The SMILES string of the molecule is C[NH+](Cc1ccccc1)C1CC(=O)N(CCc2ccccc2)C1=O. The van der Waals surface area contributed by atoms with Crippen LogP contribution in [0.3, 0.4) is 0 Å². The molecule has 1 N–H and O–H groups in total. The lowest BCUT2D eigenvalue weighted by atomic mass is 10.1. The lowest BCUT2D eigenvalue weighted by molar-refractivity contribution is -0.909. The average Bonchev–Trinajstić information content (AvgIpc) is 2.89. The van der Waals surface area contributed by atoms with E-state index in [0.29, 0.717) is 19.4 Å². The Balaban J connectivity index is 1.61. The molecule has 2 aromatic carbocycles. The smallest absolute Gasteiger partial charge is 0.288 e. The third-order valence-corrected chi connectivity index (χ3v) is 4.63. The van der Waals surface area contributed by atoms with E-state index in [4.69, 9.17) is 0 Å². The third-order valence-electron chi connectivity index (χ3n) is 4.63. The predicted molar refractivity (Wildman–Crippen MR) is 92.3 cm³/mol. The highest BCUT2D eigenvalue weighted by Gasteiger charge is 2.43. The van der Waals surface area contributed by atoms with Crippen molar-refractivity contribution in [2.45, 2.75) is 25.4 Å². The first-order valence-corrected chi connectivity index (χ1v) is 8.39. The number of nitrogens with one attached hydrogen (secondary N) is 1. The molecule has 1 aliphatic rings. The summed E-state index contributed by atoms with van der Waals surface area (Å²) in [5, 5.41) is 0. The van der Waals surface area contributed by atoms with Crippen LogP contribution < -0.4 is 4.90 Å². The molecule has 1 saturated heterocycles. The Morgan fingerprint density at radius 3 is 2.17 bits per heavy atom. The second-order valence-electron chi connectivity index (χ2n) is 6.38. The van der Waals surface area contributed by atoms with E-state index >= 15 is 0 Å². The summed E-state index contributed by atoms with van der Waals surface area (Å²) in [5.41, 5.74) is 2.32. The van der Waals surface area contributed by atoms with Gasteiger partial charge in [0.15, 0.2) is 6.04 Å². The molecule has 0 aliphatic carbocycles. The summed E-state index contributed by atoms with van der Waals surface area (Å²) < 4.78 is 0. The zero-order chi connectivity index (χ0) is 16.9. The van der Waals surface area contributed by atoms with Gasteiger partial charge in [-0.3, -0.25) is 14.5 Å². The molecule has 0 saturated carbocycles. The molecule has 4 heteroatoms. The number of amides is 2. The van der Waals surface area contributed by atoms with Crippen molar-refractivity contribution < 1.29 is 14.5 Å². The van der Waals surface area contributed by atoms with Gasteiger partial charge in [0.1, 0.15) is 6.54 Å². The minimum atomic E-state index is -0.270. The van der Waals surface area contributed by atoms with Crippen LogP contribution in [0.5, 0.6) is 0 Å². The number of rotatable bonds is 6. The Labute approximate surface area is 142 Å². The van der Waals surface area contributed by atoms with Gasteiger partial charge in [0.25, 0.3) is 5.91 Å². The normalized spacial score (nSPS) is 18.9. The van der Waals surface area contributed by atoms with Gasteiger partial charge in [-0.15, -0.1) is 0 Å². The average molecular weight is 323 g/mol. The van der Waals surface area contributed by atoms with Gasteiger partial charge in [-0.25, -0.2) is 0 Å². The molecule has 4 nitrogen and oxygen atoms in total. The standard InChI is InChI=1S/C20H22N2O2/c1-21(15-17-10-6-3-7-11-17)18-14-19(23)22(20(18)24)13-12-16-8-4-2-5-9-16/h2-11,18H,12-15H2,1H3/p+1. The molecule has 0 radical (unpaired) electrons. The minimum absolute atomic E-state index is 0.0376. The first kappa shape index (κ1) is 16.4. The van der Waals surface area contributed by atoms with Crippen LogP contribution in [0.25, 0.3) is 0 Å². The third kappa shape index (κ3) is 3.71. The van der Waals surface area contributed by atoms with Gasteiger partial charge < -0.3 is 4.90 Å². The highest BCUT2D eigenvalue weighted by atomic mass is 16.2. The molecular formula is C20H23N2O2+. The zero-order valence-electron chi connectivity index (χ0n) is 13.9. The number of hydrogen-bond acceptors (Lipinski definition) is 2. The van der Waals surface area contributed by atoms with Gasteiger partial charge in [-0.1, -0.05) is 60.7 Å². The first-order chi connectivity index (χ1) is 11.6. The fourth-order valence-corrected chi connectivity index (χ4v) is 3.23. The van der Waals surface area contributed by atoms with Gasteiger partial charge >= 0.3 is 0 Å². The Bertz CT molecular complexity index is 700. The Kier molecular flexibility index (Phi) is 5.06. The van der Waals surface area contributed by atoms with Crippen molar-refractivity contribution >= 4 is 11.8 Å². The number of quaternary nitrogens is 1. The molecule has 0 spiro atoms. The van der Waals surface area contributed by atoms with Gasteiger partial charge in [-0.2, -0.15) is 0 Å². The molecule has 3 rings (SSSR count). The summed E-state index contributed by atoms with van der Waals surface area (Å²) in [6, 6.07) is 19.8. The van der Waals surface area contributed by atoms with Crippen LogP contribution in [0.4, 0.5) is 0 Å². The number of benzene rings is 2. The first-order valence-electron chi connectivity index (χ1n) is 8.39. The number of likely N-dealkylation sites (N-methyl/N-ethyl adjacent to an activating group) is 1. The molecule has 0 bridgehead atoms. The molecular weight excluding hydrogens is 300 g/mol. The van der Waals surface area contributed by atoms with Crippen molar-refractivity contribution in [3.8, 4) is 0 Å². The van der Waals surface area contributed by atoms with Crippen molar-refractivity contribution in [2.24, 2.45) is 0 Å². The summed E-state index contributed by atoms with van der Waals surface area (Å²) in [6.07, 6.45) is 1.02. The van der Waals surface area contributed by atoms with Crippen molar-refractivity contribution in [2.75, 3.05) is 13.6 Å². The molecule has 2 unspecified atom stereocenters. The topological polar surface area (TPSA) is 41.8 Å². The molecule has 2 amide bonds. The van der Waals surface area contributed by atoms with Crippen molar-refractivity contribution in [1.82, 2.24) is 4.90 Å². The van der Waals surface area contributed by atoms with E-state index in [2.05, 4.69) is 12.1 Å². The molecule has 0 aromatic heterocycles. The molecule has 1 aliphatic heterocycles. The minimum Gasteiger partial charge on any atom is -0.323 e. The van der Waals surface area contributed by atoms with Crippen LogP contribution >= 0.6 is 0 Å². The summed E-state index contributed by atoms with van der Waals surface area (Å²) in [4.78, 5) is 27.4. The molecule has 1 heterocycles. The maximum Gasteiger partial charge on any atom is 0.288 e. The maximum absolute atomic E-state index is 12.7. The summed E-state index contributed by atoms with van der Waals surface area (Å²) in [6.45, 7) is 1.22. The lowest BCUT2D eigenvalue weighted by Gasteiger charge is -2.20. The van der Waals surface area contributed by atoms with Crippen molar-refractivity contribution in [3.05, 3.63) is 71.8 Å². The van der Waals surface area contributed by atoms with E-state index in [1.165, 1.54) is 10.5 Å². The summed E-state index contributed by atoms with van der Waals surface area (Å²) in [7, 11) is 1.99. The molecule has 1 fully saturated rings. The van der Waals surface area contributed by atoms with Crippen LogP contribution in [0.15, 0.2) is 60.7 Å². The highest BCUT2D eigenvalue weighted by Crippen LogP contribution is 2.13. The van der Waals surface area contributed by atoms with E-state index in [-0.39, 0.29) is 17.9 Å². The highest BCUT2D eigenvalue weighted by molar-refractivity contribution is 6.04. The number of carbonyl (C=O) groups is 2. The van der Waals surface area contributed by atoms with Gasteiger partial charge in [-0.05, 0) is 12.0 Å². The molecule has 24 heavy (non-hydrogen) atoms. The number of nitrogens with zero attached hydrogens (tertiary/aromatic N) is 1. The Morgan fingerprint density at radius 2 is 1.54 bits per heavy atom. The van der Waals surface area contributed by atoms with Crippen molar-refractivity contribution in [1.29, 1.82) is 0 Å². The molecule has 2 atom stereocenters. The molecule has 2 aromatic rings. The van der Waals surface area contributed by atoms with E-state index in [1.807, 2.05) is 55.6 Å². The van der Waals surface area contributed by atoms with Crippen molar-refractivity contribution in [3.63, 3.8) is 0 Å². The number of hydrogen-bond donors (Lipinski definition) is 1. The van der Waals surface area contributed by atoms with Crippen LogP contribution in [0, 0.1) is 0 Å². The largest absolute Gasteiger partial charge is 0.323 e. The maximum atomic E-state index is 12.7. The fourth-order valence-electron chi connectivity index (χ4n) is 3.23. The Morgan fingerprint density at radius 1 is 0.958 bits per heavy atom. The van der Waals surface area contributed by atoms with Gasteiger partial charge in [0.05, 0.1) is 13.5 Å². The van der Waals surface area contributed by atoms with Crippen LogP contribution in [0.1, 0.15) is 17.5 Å². The zero-order valence-corrected chi connectivity index (χ0v) is 13.9. The second-order valence-corrected chi connectivity index (χ2v) is 6.38. The van der Waals surface area contributed by atoms with E-state index in [0.717, 1.165) is 17.0 Å². The van der Waals surface area contributed by atoms with Crippen LogP contribution in [-0.4, -0.2) is 36.3 Å². The monoisotopic (exact) mass is 323 g/mol. The lowest BCUT2D eigenvalue weighted by Crippen LogP contribution is -3.12. The quantitative estimate of drug-likeness (QED) is 0.808. The predicted octanol–water partition coefficient (Wildman–Crippen LogP) is 1.07.